The topological polar surface area (TPSA) is 110 Å². The molecule has 1 aliphatic heterocycles. The third kappa shape index (κ3) is 2.35. The van der Waals surface area contributed by atoms with Crippen LogP contribution >= 0.6 is 0 Å². The molecule has 0 saturated carbocycles. The Bertz CT molecular complexity index is 237. The van der Waals surface area contributed by atoms with Crippen LogP contribution in [0.5, 0.6) is 0 Å². The Labute approximate surface area is 95.7 Å². The number of aliphatic hydroxyl groups is 3. The summed E-state index contributed by atoms with van der Waals surface area (Å²) in [5.74, 6) is -2.87. The van der Waals surface area contributed by atoms with Gasteiger partial charge in [0.1, 0.15) is 0 Å². The van der Waals surface area contributed by atoms with E-state index in [2.05, 4.69) is 4.74 Å². The third-order valence-corrected chi connectivity index (χ3v) is 1.46. The third-order valence-electron chi connectivity index (χ3n) is 1.46. The number of aliphatic hydroxyl groups excluding tert-OH is 3. The molecule has 0 amide bonds. The second kappa shape index (κ2) is 4.83. The molecule has 3 N–H and O–H groups in total. The van der Waals surface area contributed by atoms with Gasteiger partial charge in [-0.15, -0.1) is 6.61 Å². The Morgan fingerprint density at radius 3 is 2.38 bits per heavy atom. The number of hydrogen-bond donors (Lipinski definition) is 3. The standard InChI is InChI=1S/C6H7O6.Na/c7-1-2(8)5-3(9)4(10)6(11)12-5;/h2,5,8-10H,1H2;/q-1;+1. The smallest absolute Gasteiger partial charge is 0.853 e. The van der Waals surface area contributed by atoms with Crippen LogP contribution in [0.4, 0.5) is 0 Å². The maximum atomic E-state index is 10.5. The van der Waals surface area contributed by atoms with Crippen molar-refractivity contribution in [1.82, 2.24) is 0 Å². The second-order valence-electron chi connectivity index (χ2n) is 2.29. The van der Waals surface area contributed by atoms with Crippen molar-refractivity contribution in [1.29, 1.82) is 0 Å². The van der Waals surface area contributed by atoms with E-state index in [0.29, 0.717) is 0 Å². The Balaban J connectivity index is 0.00000144. The van der Waals surface area contributed by atoms with E-state index in [4.69, 9.17) is 15.3 Å². The fraction of sp³-hybridized carbons (Fsp3) is 0.500. The fourth-order valence-electron chi connectivity index (χ4n) is 0.814. The monoisotopic (exact) mass is 198 g/mol. The van der Waals surface area contributed by atoms with E-state index in [1.807, 2.05) is 0 Å². The molecule has 1 rings (SSSR count). The molecular weight excluding hydrogens is 191 g/mol. The number of esters is 1. The first-order valence-electron chi connectivity index (χ1n) is 3.17. The van der Waals surface area contributed by atoms with E-state index in [0.717, 1.165) is 0 Å². The van der Waals surface area contributed by atoms with Crippen LogP contribution in [0.15, 0.2) is 11.5 Å². The molecule has 13 heavy (non-hydrogen) atoms. The van der Waals surface area contributed by atoms with Gasteiger partial charge in [-0.1, -0.05) is 0 Å². The minimum Gasteiger partial charge on any atom is -0.853 e. The minimum atomic E-state index is -1.53. The van der Waals surface area contributed by atoms with Gasteiger partial charge in [0, 0.05) is 0 Å². The Kier molecular flexibility index (Phi) is 4.72. The van der Waals surface area contributed by atoms with Gasteiger partial charge in [-0.25, -0.2) is 4.79 Å². The summed E-state index contributed by atoms with van der Waals surface area (Å²) in [7, 11) is 0. The summed E-state index contributed by atoms with van der Waals surface area (Å²) in [5, 5.41) is 36.6. The van der Waals surface area contributed by atoms with Crippen molar-refractivity contribution < 1.29 is 59.5 Å². The van der Waals surface area contributed by atoms with E-state index in [-0.39, 0.29) is 29.6 Å². The molecule has 6 nitrogen and oxygen atoms in total. The van der Waals surface area contributed by atoms with Gasteiger partial charge in [-0.05, 0) is 0 Å². The quantitative estimate of drug-likeness (QED) is 0.302. The van der Waals surface area contributed by atoms with Crippen LogP contribution in [0.2, 0.25) is 0 Å². The molecule has 0 aliphatic carbocycles. The molecular formula is C6H7NaO6. The Hall–Kier alpha value is -0.270. The number of carbonyl (C=O) groups excluding carboxylic acids is 1. The van der Waals surface area contributed by atoms with Gasteiger partial charge in [-0.2, -0.15) is 0 Å². The molecule has 0 radical (unpaired) electrons. The number of cyclic esters (lactones) is 1. The van der Waals surface area contributed by atoms with E-state index in [9.17, 15) is 9.90 Å². The molecule has 0 aromatic rings. The molecule has 2 unspecified atom stereocenters. The van der Waals surface area contributed by atoms with Gasteiger partial charge in [0.15, 0.2) is 11.9 Å². The van der Waals surface area contributed by atoms with Crippen molar-refractivity contribution >= 4 is 5.97 Å². The number of ether oxygens (including phenoxy) is 1. The molecule has 0 spiro atoms. The predicted molar refractivity (Wildman–Crippen MR) is 33.0 cm³/mol. The Morgan fingerprint density at radius 1 is 1.54 bits per heavy atom. The number of rotatable bonds is 2. The maximum absolute atomic E-state index is 10.5. The van der Waals surface area contributed by atoms with Gasteiger partial charge >= 0.3 is 35.5 Å². The molecule has 7 heteroatoms. The van der Waals surface area contributed by atoms with Crippen LogP contribution < -0.4 is 34.7 Å². The molecule has 0 bridgehead atoms. The summed E-state index contributed by atoms with van der Waals surface area (Å²) in [6.45, 7) is -0.921. The number of carbonyl (C=O) groups is 1. The summed E-state index contributed by atoms with van der Waals surface area (Å²) in [6, 6.07) is 0. The first-order valence-corrected chi connectivity index (χ1v) is 3.17. The van der Waals surface area contributed by atoms with Crippen LogP contribution in [0.3, 0.4) is 0 Å². The molecule has 0 saturated heterocycles. The Morgan fingerprint density at radius 2 is 2.08 bits per heavy atom. The molecule has 0 aromatic heterocycles. The van der Waals surface area contributed by atoms with Gasteiger partial charge < -0.3 is 25.2 Å². The summed E-state index contributed by atoms with van der Waals surface area (Å²) >= 11 is 0. The summed E-state index contributed by atoms with van der Waals surface area (Å²) in [4.78, 5) is 10.5. The van der Waals surface area contributed by atoms with Gasteiger partial charge in [-0.3, -0.25) is 0 Å². The molecule has 0 fully saturated rings. The van der Waals surface area contributed by atoms with E-state index in [1.54, 1.807) is 0 Å². The predicted octanol–water partition coefficient (Wildman–Crippen LogP) is -5.04. The van der Waals surface area contributed by atoms with Crippen LogP contribution in [0, 0.1) is 0 Å². The van der Waals surface area contributed by atoms with Gasteiger partial charge in [0.2, 0.25) is 5.76 Å². The van der Waals surface area contributed by atoms with Crippen molar-refractivity contribution in [2.24, 2.45) is 0 Å². The molecule has 1 heterocycles. The SMILES string of the molecule is O=C1OC(C(O)C[O-])C(O)=C1O.[Na+]. The van der Waals surface area contributed by atoms with Crippen molar-refractivity contribution in [2.75, 3.05) is 6.61 Å². The maximum Gasteiger partial charge on any atom is 1.00 e. The van der Waals surface area contributed by atoms with E-state index < -0.39 is 36.3 Å². The average molecular weight is 198 g/mol. The van der Waals surface area contributed by atoms with Crippen LogP contribution in [-0.4, -0.2) is 40.1 Å². The van der Waals surface area contributed by atoms with Gasteiger partial charge in [0.25, 0.3) is 0 Å². The largest absolute Gasteiger partial charge is 1.00 e. The molecule has 2 atom stereocenters. The summed E-state index contributed by atoms with van der Waals surface area (Å²) in [5.41, 5.74) is 0. The van der Waals surface area contributed by atoms with Crippen LogP contribution in [-0.2, 0) is 9.53 Å². The molecule has 1 aliphatic rings. The zero-order valence-electron chi connectivity index (χ0n) is 6.93. The van der Waals surface area contributed by atoms with E-state index in [1.165, 1.54) is 0 Å². The van der Waals surface area contributed by atoms with Crippen molar-refractivity contribution in [3.63, 3.8) is 0 Å². The second-order valence-corrected chi connectivity index (χ2v) is 2.29. The van der Waals surface area contributed by atoms with E-state index >= 15 is 0 Å². The first-order chi connectivity index (χ1) is 5.57. The average Bonchev–Trinajstić information content (AvgIpc) is 2.32. The molecule has 0 aromatic carbocycles. The molecule has 68 valence electrons. The first kappa shape index (κ1) is 12.7. The minimum absolute atomic E-state index is 0. The zero-order chi connectivity index (χ0) is 9.30. The van der Waals surface area contributed by atoms with Crippen molar-refractivity contribution in [2.45, 2.75) is 12.2 Å². The van der Waals surface area contributed by atoms with Crippen molar-refractivity contribution in [3.05, 3.63) is 11.5 Å². The van der Waals surface area contributed by atoms with Crippen LogP contribution in [0.25, 0.3) is 0 Å². The number of hydrogen-bond acceptors (Lipinski definition) is 6. The fourth-order valence-corrected chi connectivity index (χ4v) is 0.814. The normalized spacial score (nSPS) is 23.8. The van der Waals surface area contributed by atoms with Gasteiger partial charge in [0.05, 0.1) is 6.10 Å². The summed E-state index contributed by atoms with van der Waals surface area (Å²) in [6.07, 6.45) is -2.95. The zero-order valence-corrected chi connectivity index (χ0v) is 8.93. The van der Waals surface area contributed by atoms with Crippen molar-refractivity contribution in [3.8, 4) is 0 Å². The van der Waals surface area contributed by atoms with Crippen LogP contribution in [0.1, 0.15) is 0 Å². The summed E-state index contributed by atoms with van der Waals surface area (Å²) < 4.78 is 4.28.